The zero-order valence-electron chi connectivity index (χ0n) is 11.9. The van der Waals surface area contributed by atoms with Gasteiger partial charge in [-0.15, -0.1) is 0 Å². The van der Waals surface area contributed by atoms with Crippen molar-refractivity contribution in [1.82, 2.24) is 15.1 Å². The van der Waals surface area contributed by atoms with Crippen LogP contribution in [0.1, 0.15) is 44.9 Å². The van der Waals surface area contributed by atoms with Crippen molar-refractivity contribution in [1.29, 1.82) is 0 Å². The molecule has 1 atom stereocenters. The summed E-state index contributed by atoms with van der Waals surface area (Å²) in [5.41, 5.74) is 0. The number of rotatable bonds is 2. The van der Waals surface area contributed by atoms with Crippen LogP contribution in [0.5, 0.6) is 0 Å². The van der Waals surface area contributed by atoms with Gasteiger partial charge in [0.15, 0.2) is 0 Å². The van der Waals surface area contributed by atoms with Crippen LogP contribution in [0.15, 0.2) is 0 Å². The topological polar surface area (TPSA) is 35.6 Å². The molecule has 108 valence electrons. The monoisotopic (exact) mass is 265 g/mol. The van der Waals surface area contributed by atoms with Gasteiger partial charge in [-0.05, 0) is 32.2 Å². The zero-order valence-corrected chi connectivity index (χ0v) is 11.9. The Balaban J connectivity index is 1.62. The van der Waals surface area contributed by atoms with Crippen LogP contribution in [0.2, 0.25) is 0 Å². The second-order valence-electron chi connectivity index (χ2n) is 6.26. The SMILES string of the molecule is O=C(C1CCCN1C1CCCCC1)N1CCNCC1. The van der Waals surface area contributed by atoms with E-state index >= 15 is 0 Å². The van der Waals surface area contributed by atoms with Gasteiger partial charge in [-0.2, -0.15) is 0 Å². The highest BCUT2D eigenvalue weighted by Crippen LogP contribution is 2.30. The molecule has 2 heterocycles. The Morgan fingerprint density at radius 3 is 2.37 bits per heavy atom. The Hall–Kier alpha value is -0.610. The van der Waals surface area contributed by atoms with E-state index in [0.29, 0.717) is 11.9 Å². The third-order valence-electron chi connectivity index (χ3n) is 5.05. The molecule has 4 nitrogen and oxygen atoms in total. The van der Waals surface area contributed by atoms with E-state index in [1.807, 2.05) is 0 Å². The van der Waals surface area contributed by atoms with Crippen LogP contribution in [0.4, 0.5) is 0 Å². The Bertz CT molecular complexity index is 309. The van der Waals surface area contributed by atoms with E-state index in [1.165, 1.54) is 38.5 Å². The predicted octanol–water partition coefficient (Wildman–Crippen LogP) is 1.22. The number of piperazine rings is 1. The quantitative estimate of drug-likeness (QED) is 0.815. The Morgan fingerprint density at radius 2 is 1.63 bits per heavy atom. The molecule has 0 aromatic heterocycles. The van der Waals surface area contributed by atoms with Crippen molar-refractivity contribution >= 4 is 5.91 Å². The molecule has 1 amide bonds. The smallest absolute Gasteiger partial charge is 0.240 e. The fourth-order valence-corrected chi connectivity index (χ4v) is 4.00. The van der Waals surface area contributed by atoms with Gasteiger partial charge in [-0.1, -0.05) is 19.3 Å². The molecular formula is C15H27N3O. The molecule has 1 N–H and O–H groups in total. The van der Waals surface area contributed by atoms with Crippen molar-refractivity contribution in [2.75, 3.05) is 32.7 Å². The van der Waals surface area contributed by atoms with Gasteiger partial charge < -0.3 is 10.2 Å². The summed E-state index contributed by atoms with van der Waals surface area (Å²) in [6.07, 6.45) is 9.01. The molecule has 2 aliphatic heterocycles. The van der Waals surface area contributed by atoms with Crippen molar-refractivity contribution in [2.45, 2.75) is 57.0 Å². The maximum Gasteiger partial charge on any atom is 0.240 e. The van der Waals surface area contributed by atoms with Crippen molar-refractivity contribution in [3.8, 4) is 0 Å². The molecule has 1 aliphatic carbocycles. The Labute approximate surface area is 116 Å². The van der Waals surface area contributed by atoms with Gasteiger partial charge in [-0.25, -0.2) is 0 Å². The highest BCUT2D eigenvalue weighted by atomic mass is 16.2. The molecular weight excluding hydrogens is 238 g/mol. The molecule has 4 heteroatoms. The Morgan fingerprint density at radius 1 is 0.895 bits per heavy atom. The first kappa shape index (κ1) is 13.4. The number of nitrogens with zero attached hydrogens (tertiary/aromatic N) is 2. The van der Waals surface area contributed by atoms with Crippen molar-refractivity contribution < 1.29 is 4.79 Å². The molecule has 0 aromatic rings. The van der Waals surface area contributed by atoms with Crippen LogP contribution in [0, 0.1) is 0 Å². The summed E-state index contributed by atoms with van der Waals surface area (Å²) in [7, 11) is 0. The van der Waals surface area contributed by atoms with Crippen molar-refractivity contribution in [3.05, 3.63) is 0 Å². The maximum atomic E-state index is 12.7. The third-order valence-corrected chi connectivity index (χ3v) is 5.05. The first-order valence-corrected chi connectivity index (χ1v) is 8.11. The summed E-state index contributed by atoms with van der Waals surface area (Å²) in [5, 5.41) is 3.33. The minimum absolute atomic E-state index is 0.196. The molecule has 3 fully saturated rings. The normalized spacial score (nSPS) is 30.7. The maximum absolute atomic E-state index is 12.7. The number of amides is 1. The number of carbonyl (C=O) groups excluding carboxylic acids is 1. The average molecular weight is 265 g/mol. The average Bonchev–Trinajstić information content (AvgIpc) is 2.98. The zero-order chi connectivity index (χ0) is 13.1. The lowest BCUT2D eigenvalue weighted by Crippen LogP contribution is -2.54. The first-order valence-electron chi connectivity index (χ1n) is 8.11. The van der Waals surface area contributed by atoms with Crippen LogP contribution in [0.25, 0.3) is 0 Å². The van der Waals surface area contributed by atoms with E-state index in [2.05, 4.69) is 15.1 Å². The van der Waals surface area contributed by atoms with E-state index in [-0.39, 0.29) is 6.04 Å². The number of nitrogens with one attached hydrogen (secondary N) is 1. The highest BCUT2D eigenvalue weighted by molar-refractivity contribution is 5.82. The molecule has 0 aromatic carbocycles. The molecule has 0 spiro atoms. The van der Waals surface area contributed by atoms with Gasteiger partial charge in [-0.3, -0.25) is 9.69 Å². The summed E-state index contributed by atoms with van der Waals surface area (Å²) in [5.74, 6) is 0.407. The molecule has 1 unspecified atom stereocenters. The van der Waals surface area contributed by atoms with Gasteiger partial charge >= 0.3 is 0 Å². The summed E-state index contributed by atoms with van der Waals surface area (Å²) < 4.78 is 0. The van der Waals surface area contributed by atoms with Crippen molar-refractivity contribution in [2.24, 2.45) is 0 Å². The van der Waals surface area contributed by atoms with Crippen LogP contribution < -0.4 is 5.32 Å². The predicted molar refractivity (Wildman–Crippen MR) is 76.1 cm³/mol. The molecule has 0 bridgehead atoms. The van der Waals surface area contributed by atoms with Crippen molar-refractivity contribution in [3.63, 3.8) is 0 Å². The van der Waals surface area contributed by atoms with E-state index in [0.717, 1.165) is 39.1 Å². The minimum atomic E-state index is 0.196. The molecule has 19 heavy (non-hydrogen) atoms. The van der Waals surface area contributed by atoms with Gasteiger partial charge in [0.05, 0.1) is 6.04 Å². The summed E-state index contributed by atoms with van der Waals surface area (Å²) in [4.78, 5) is 17.3. The van der Waals surface area contributed by atoms with E-state index in [1.54, 1.807) is 0 Å². The second-order valence-corrected chi connectivity index (χ2v) is 6.26. The van der Waals surface area contributed by atoms with Crippen LogP contribution in [-0.4, -0.2) is 60.5 Å². The largest absolute Gasteiger partial charge is 0.339 e. The summed E-state index contributed by atoms with van der Waals surface area (Å²) >= 11 is 0. The number of hydrogen-bond acceptors (Lipinski definition) is 3. The molecule has 3 rings (SSSR count). The number of hydrogen-bond donors (Lipinski definition) is 1. The fourth-order valence-electron chi connectivity index (χ4n) is 4.00. The lowest BCUT2D eigenvalue weighted by molar-refractivity contribution is -0.137. The standard InChI is InChI=1S/C15H27N3O/c19-15(17-11-8-16-9-12-17)14-7-4-10-18(14)13-5-2-1-3-6-13/h13-14,16H,1-12H2. The Kier molecular flexibility index (Phi) is 4.38. The molecule has 1 saturated carbocycles. The fraction of sp³-hybridized carbons (Fsp3) is 0.933. The van der Waals surface area contributed by atoms with E-state index in [9.17, 15) is 4.79 Å². The van der Waals surface area contributed by atoms with Crippen LogP contribution in [0.3, 0.4) is 0 Å². The number of likely N-dealkylation sites (tertiary alicyclic amines) is 1. The molecule has 3 aliphatic rings. The highest BCUT2D eigenvalue weighted by Gasteiger charge is 2.37. The molecule has 2 saturated heterocycles. The van der Waals surface area contributed by atoms with Gasteiger partial charge in [0, 0.05) is 32.2 Å². The van der Waals surface area contributed by atoms with Gasteiger partial charge in [0.25, 0.3) is 0 Å². The van der Waals surface area contributed by atoms with E-state index < -0.39 is 0 Å². The van der Waals surface area contributed by atoms with E-state index in [4.69, 9.17) is 0 Å². The molecule has 0 radical (unpaired) electrons. The van der Waals surface area contributed by atoms with Gasteiger partial charge in [0.2, 0.25) is 5.91 Å². The van der Waals surface area contributed by atoms with Gasteiger partial charge in [0.1, 0.15) is 0 Å². The lowest BCUT2D eigenvalue weighted by atomic mass is 9.93. The third kappa shape index (κ3) is 2.95. The second kappa shape index (κ2) is 6.23. The summed E-state index contributed by atoms with van der Waals surface area (Å²) in [6, 6.07) is 0.884. The minimum Gasteiger partial charge on any atom is -0.339 e. The van der Waals surface area contributed by atoms with Crippen LogP contribution in [-0.2, 0) is 4.79 Å². The summed E-state index contributed by atoms with van der Waals surface area (Å²) in [6.45, 7) is 4.86. The van der Waals surface area contributed by atoms with Crippen LogP contribution >= 0.6 is 0 Å². The first-order chi connectivity index (χ1) is 9.36. The number of carbonyl (C=O) groups is 1. The lowest BCUT2D eigenvalue weighted by Gasteiger charge is -2.38.